The highest BCUT2D eigenvalue weighted by Crippen LogP contribution is 2.22. The van der Waals surface area contributed by atoms with Crippen molar-refractivity contribution < 1.29 is 13.9 Å². The van der Waals surface area contributed by atoms with Crippen molar-refractivity contribution in [3.63, 3.8) is 0 Å². The third-order valence-corrected chi connectivity index (χ3v) is 3.78. The van der Waals surface area contributed by atoms with Gasteiger partial charge in [0.15, 0.2) is 0 Å². The number of aromatic nitrogens is 2. The molecule has 0 radical (unpaired) electrons. The van der Waals surface area contributed by atoms with Crippen molar-refractivity contribution in [1.29, 1.82) is 0 Å². The van der Waals surface area contributed by atoms with E-state index in [1.54, 1.807) is 31.4 Å². The molecule has 0 atom stereocenters. The number of hydrogen-bond acceptors (Lipinski definition) is 5. The van der Waals surface area contributed by atoms with Crippen molar-refractivity contribution >= 4 is 11.6 Å². The Bertz CT molecular complexity index is 856. The molecule has 1 amide bonds. The number of nitrogens with one attached hydrogen (secondary N) is 1. The van der Waals surface area contributed by atoms with Crippen LogP contribution in [0.2, 0.25) is 0 Å². The maximum absolute atomic E-state index is 12.0. The molecule has 0 bridgehead atoms. The Morgan fingerprint density at radius 2 is 1.88 bits per heavy atom. The SMILES string of the molecule is COc1ccc(NC(=O)CCc2nnc(-c3ccccc3C)o2)cc1. The minimum Gasteiger partial charge on any atom is -0.497 e. The minimum atomic E-state index is -0.110. The second-order valence-corrected chi connectivity index (χ2v) is 5.59. The Kier molecular flexibility index (Phi) is 5.09. The Hall–Kier alpha value is -3.15. The first kappa shape index (κ1) is 16.7. The number of anilines is 1. The van der Waals surface area contributed by atoms with Crippen LogP contribution in [-0.2, 0) is 11.2 Å². The van der Waals surface area contributed by atoms with E-state index >= 15 is 0 Å². The third kappa shape index (κ3) is 4.23. The van der Waals surface area contributed by atoms with Crippen molar-refractivity contribution in [3.8, 4) is 17.2 Å². The van der Waals surface area contributed by atoms with Crippen molar-refractivity contribution in [2.45, 2.75) is 19.8 Å². The summed E-state index contributed by atoms with van der Waals surface area (Å²) >= 11 is 0. The lowest BCUT2D eigenvalue weighted by Gasteiger charge is -2.05. The maximum atomic E-state index is 12.0. The van der Waals surface area contributed by atoms with Crippen LogP contribution in [0.5, 0.6) is 5.75 Å². The fraction of sp³-hybridized carbons (Fsp3) is 0.211. The highest BCUT2D eigenvalue weighted by atomic mass is 16.5. The lowest BCUT2D eigenvalue weighted by Crippen LogP contribution is -2.12. The second kappa shape index (κ2) is 7.61. The molecule has 0 saturated carbocycles. The molecule has 6 heteroatoms. The van der Waals surface area contributed by atoms with Crippen molar-refractivity contribution in [1.82, 2.24) is 10.2 Å². The fourth-order valence-corrected chi connectivity index (χ4v) is 2.39. The van der Waals surface area contributed by atoms with Crippen LogP contribution in [0.4, 0.5) is 5.69 Å². The maximum Gasteiger partial charge on any atom is 0.247 e. The molecule has 0 aliphatic carbocycles. The monoisotopic (exact) mass is 337 g/mol. The zero-order valence-electron chi connectivity index (χ0n) is 14.2. The van der Waals surface area contributed by atoms with Gasteiger partial charge in [0.25, 0.3) is 0 Å². The van der Waals surface area contributed by atoms with Gasteiger partial charge in [-0.05, 0) is 42.8 Å². The Balaban J connectivity index is 1.56. The van der Waals surface area contributed by atoms with Crippen LogP contribution in [-0.4, -0.2) is 23.2 Å². The first-order valence-corrected chi connectivity index (χ1v) is 7.98. The van der Waals surface area contributed by atoms with Gasteiger partial charge in [0.2, 0.25) is 17.7 Å². The molecular formula is C19H19N3O3. The van der Waals surface area contributed by atoms with Gasteiger partial charge in [-0.15, -0.1) is 10.2 Å². The van der Waals surface area contributed by atoms with Crippen molar-refractivity contribution in [2.75, 3.05) is 12.4 Å². The van der Waals surface area contributed by atoms with Gasteiger partial charge < -0.3 is 14.5 Å². The van der Waals surface area contributed by atoms with E-state index in [1.165, 1.54) is 0 Å². The van der Waals surface area contributed by atoms with E-state index in [0.717, 1.165) is 22.6 Å². The number of rotatable bonds is 6. The predicted octanol–water partition coefficient (Wildman–Crippen LogP) is 3.62. The first-order chi connectivity index (χ1) is 12.2. The molecule has 0 aliphatic heterocycles. The summed E-state index contributed by atoms with van der Waals surface area (Å²) in [6.07, 6.45) is 0.655. The zero-order chi connectivity index (χ0) is 17.6. The van der Waals surface area contributed by atoms with Crippen LogP contribution in [0.1, 0.15) is 17.9 Å². The van der Waals surface area contributed by atoms with Crippen LogP contribution in [0.25, 0.3) is 11.5 Å². The fourth-order valence-electron chi connectivity index (χ4n) is 2.39. The molecule has 3 rings (SSSR count). The number of amides is 1. The summed E-state index contributed by atoms with van der Waals surface area (Å²) in [6, 6.07) is 15.0. The normalized spacial score (nSPS) is 10.5. The van der Waals surface area contributed by atoms with E-state index in [-0.39, 0.29) is 12.3 Å². The summed E-state index contributed by atoms with van der Waals surface area (Å²) < 4.78 is 10.7. The molecular weight excluding hydrogens is 318 g/mol. The zero-order valence-corrected chi connectivity index (χ0v) is 14.2. The number of ether oxygens (including phenoxy) is 1. The number of carbonyl (C=O) groups excluding carboxylic acids is 1. The number of hydrogen-bond donors (Lipinski definition) is 1. The summed E-state index contributed by atoms with van der Waals surface area (Å²) in [5.41, 5.74) is 2.69. The molecule has 3 aromatic rings. The molecule has 128 valence electrons. The Morgan fingerprint density at radius 1 is 1.12 bits per heavy atom. The summed E-state index contributed by atoms with van der Waals surface area (Å²) in [4.78, 5) is 12.0. The Labute approximate surface area is 145 Å². The largest absolute Gasteiger partial charge is 0.497 e. The smallest absolute Gasteiger partial charge is 0.247 e. The molecule has 0 spiro atoms. The summed E-state index contributed by atoms with van der Waals surface area (Å²) in [7, 11) is 1.60. The van der Waals surface area contributed by atoms with E-state index in [2.05, 4.69) is 15.5 Å². The van der Waals surface area contributed by atoms with Gasteiger partial charge in [-0.1, -0.05) is 18.2 Å². The van der Waals surface area contributed by atoms with Gasteiger partial charge in [-0.3, -0.25) is 4.79 Å². The molecule has 2 aromatic carbocycles. The van der Waals surface area contributed by atoms with Gasteiger partial charge in [0, 0.05) is 24.1 Å². The number of nitrogens with zero attached hydrogens (tertiary/aromatic N) is 2. The van der Waals surface area contributed by atoms with Crippen LogP contribution >= 0.6 is 0 Å². The average molecular weight is 337 g/mol. The molecule has 1 N–H and O–H groups in total. The van der Waals surface area contributed by atoms with E-state index in [9.17, 15) is 4.79 Å². The molecule has 6 nitrogen and oxygen atoms in total. The summed E-state index contributed by atoms with van der Waals surface area (Å²) in [5, 5.41) is 10.9. The van der Waals surface area contributed by atoms with Crippen LogP contribution in [0.15, 0.2) is 52.9 Å². The molecule has 0 fully saturated rings. The average Bonchev–Trinajstić information content (AvgIpc) is 3.10. The number of benzene rings is 2. The minimum absolute atomic E-state index is 0.110. The molecule has 1 aromatic heterocycles. The predicted molar refractivity (Wildman–Crippen MR) is 94.4 cm³/mol. The first-order valence-electron chi connectivity index (χ1n) is 7.98. The lowest BCUT2D eigenvalue weighted by molar-refractivity contribution is -0.116. The van der Waals surface area contributed by atoms with Crippen LogP contribution in [0, 0.1) is 6.92 Å². The van der Waals surface area contributed by atoms with E-state index in [0.29, 0.717) is 18.2 Å². The number of carbonyl (C=O) groups is 1. The molecule has 1 heterocycles. The standard InChI is InChI=1S/C19H19N3O3/c1-13-5-3-4-6-16(13)19-22-21-18(25-19)12-11-17(23)20-14-7-9-15(24-2)10-8-14/h3-10H,11-12H2,1-2H3,(H,20,23). The van der Waals surface area contributed by atoms with Crippen LogP contribution in [0.3, 0.4) is 0 Å². The summed E-state index contributed by atoms with van der Waals surface area (Å²) in [5.74, 6) is 1.56. The third-order valence-electron chi connectivity index (χ3n) is 3.78. The quantitative estimate of drug-likeness (QED) is 0.743. The number of aryl methyl sites for hydroxylation is 2. The molecule has 0 saturated heterocycles. The van der Waals surface area contributed by atoms with Gasteiger partial charge in [0.05, 0.1) is 7.11 Å². The topological polar surface area (TPSA) is 77.2 Å². The van der Waals surface area contributed by atoms with Crippen molar-refractivity contribution in [3.05, 3.63) is 60.0 Å². The number of methoxy groups -OCH3 is 1. The van der Waals surface area contributed by atoms with E-state index in [4.69, 9.17) is 9.15 Å². The van der Waals surface area contributed by atoms with Gasteiger partial charge in [0.1, 0.15) is 5.75 Å². The molecule has 25 heavy (non-hydrogen) atoms. The van der Waals surface area contributed by atoms with E-state index in [1.807, 2.05) is 31.2 Å². The van der Waals surface area contributed by atoms with Crippen molar-refractivity contribution in [2.24, 2.45) is 0 Å². The highest BCUT2D eigenvalue weighted by Gasteiger charge is 2.12. The molecule has 0 aliphatic rings. The molecule has 0 unspecified atom stereocenters. The van der Waals surface area contributed by atoms with Gasteiger partial charge >= 0.3 is 0 Å². The van der Waals surface area contributed by atoms with Gasteiger partial charge in [-0.2, -0.15) is 0 Å². The van der Waals surface area contributed by atoms with Gasteiger partial charge in [-0.25, -0.2) is 0 Å². The Morgan fingerprint density at radius 3 is 2.60 bits per heavy atom. The summed E-state index contributed by atoms with van der Waals surface area (Å²) in [6.45, 7) is 1.99. The lowest BCUT2D eigenvalue weighted by atomic mass is 10.1. The second-order valence-electron chi connectivity index (χ2n) is 5.59. The highest BCUT2D eigenvalue weighted by molar-refractivity contribution is 5.90. The van der Waals surface area contributed by atoms with E-state index < -0.39 is 0 Å². The van der Waals surface area contributed by atoms with Crippen LogP contribution < -0.4 is 10.1 Å².